The summed E-state index contributed by atoms with van der Waals surface area (Å²) >= 11 is 5.76. The predicted octanol–water partition coefficient (Wildman–Crippen LogP) is 2.92. The molecule has 1 aromatic carbocycles. The highest BCUT2D eigenvalue weighted by Crippen LogP contribution is 2.23. The smallest absolute Gasteiger partial charge is 0.411 e. The van der Waals surface area contributed by atoms with E-state index in [-0.39, 0.29) is 12.2 Å². The molecule has 0 saturated heterocycles. The number of anilines is 1. The summed E-state index contributed by atoms with van der Waals surface area (Å²) in [6.45, 7) is 1.88. The Morgan fingerprint density at radius 1 is 1.60 bits per heavy atom. The molecular formula is C11H12ClNO2. The standard InChI is InChI=1S/C11H12ClNO2/c1-7-4-9-5-8(6-12)2-3-10(9)13-11(14)15-7/h2-3,5,7H,4,6H2,1H3,(H,13,14). The number of amides is 1. The highest BCUT2D eigenvalue weighted by atomic mass is 35.5. The van der Waals surface area contributed by atoms with Crippen molar-refractivity contribution in [1.82, 2.24) is 0 Å². The van der Waals surface area contributed by atoms with Crippen molar-refractivity contribution in [1.29, 1.82) is 0 Å². The second kappa shape index (κ2) is 4.11. The van der Waals surface area contributed by atoms with Gasteiger partial charge < -0.3 is 4.74 Å². The van der Waals surface area contributed by atoms with Gasteiger partial charge in [-0.3, -0.25) is 5.32 Å². The third-order valence-corrected chi connectivity index (χ3v) is 2.68. The van der Waals surface area contributed by atoms with E-state index < -0.39 is 0 Å². The highest BCUT2D eigenvalue weighted by molar-refractivity contribution is 6.17. The molecule has 0 aliphatic carbocycles. The number of nitrogens with one attached hydrogen (secondary N) is 1. The van der Waals surface area contributed by atoms with Crippen LogP contribution < -0.4 is 5.32 Å². The third kappa shape index (κ3) is 2.23. The molecular weight excluding hydrogens is 214 g/mol. The summed E-state index contributed by atoms with van der Waals surface area (Å²) in [5.74, 6) is 0.483. The number of halogens is 1. The van der Waals surface area contributed by atoms with E-state index in [2.05, 4.69) is 5.32 Å². The van der Waals surface area contributed by atoms with Crippen molar-refractivity contribution in [3.05, 3.63) is 29.3 Å². The minimum Gasteiger partial charge on any atom is -0.446 e. The second-order valence-corrected chi connectivity index (χ2v) is 3.94. The van der Waals surface area contributed by atoms with E-state index in [1.165, 1.54) is 0 Å². The summed E-state index contributed by atoms with van der Waals surface area (Å²) in [7, 11) is 0. The van der Waals surface area contributed by atoms with E-state index in [9.17, 15) is 4.79 Å². The molecule has 1 heterocycles. The molecule has 1 aromatic rings. The summed E-state index contributed by atoms with van der Waals surface area (Å²) in [4.78, 5) is 11.3. The average molecular weight is 226 g/mol. The highest BCUT2D eigenvalue weighted by Gasteiger charge is 2.18. The first kappa shape index (κ1) is 10.3. The van der Waals surface area contributed by atoms with Crippen molar-refractivity contribution in [2.75, 3.05) is 5.32 Å². The maximum absolute atomic E-state index is 11.3. The summed E-state index contributed by atoms with van der Waals surface area (Å²) in [5.41, 5.74) is 2.95. The number of fused-ring (bicyclic) bond motifs is 1. The quantitative estimate of drug-likeness (QED) is 0.747. The monoisotopic (exact) mass is 225 g/mol. The Bertz CT molecular complexity index is 392. The van der Waals surface area contributed by atoms with Gasteiger partial charge in [0.1, 0.15) is 6.10 Å². The maximum atomic E-state index is 11.3. The van der Waals surface area contributed by atoms with Gasteiger partial charge in [0.2, 0.25) is 0 Å². The number of rotatable bonds is 1. The Kier molecular flexibility index (Phi) is 2.82. The summed E-state index contributed by atoms with van der Waals surface area (Å²) < 4.78 is 5.08. The summed E-state index contributed by atoms with van der Waals surface area (Å²) in [5, 5.41) is 2.70. The van der Waals surface area contributed by atoms with Crippen LogP contribution in [0.4, 0.5) is 10.5 Å². The van der Waals surface area contributed by atoms with Crippen LogP contribution in [0.5, 0.6) is 0 Å². The second-order valence-electron chi connectivity index (χ2n) is 3.67. The van der Waals surface area contributed by atoms with Crippen LogP contribution in [0.2, 0.25) is 0 Å². The van der Waals surface area contributed by atoms with E-state index in [4.69, 9.17) is 16.3 Å². The zero-order chi connectivity index (χ0) is 10.8. The molecule has 1 N–H and O–H groups in total. The van der Waals surface area contributed by atoms with Gasteiger partial charge in [0.25, 0.3) is 0 Å². The van der Waals surface area contributed by atoms with Gasteiger partial charge in [0, 0.05) is 18.0 Å². The molecule has 0 aromatic heterocycles. The van der Waals surface area contributed by atoms with Crippen LogP contribution >= 0.6 is 11.6 Å². The first-order valence-electron chi connectivity index (χ1n) is 4.84. The van der Waals surface area contributed by atoms with Gasteiger partial charge in [-0.1, -0.05) is 12.1 Å². The van der Waals surface area contributed by atoms with Gasteiger partial charge in [0.05, 0.1) is 0 Å². The molecule has 4 heteroatoms. The van der Waals surface area contributed by atoms with Crippen molar-refractivity contribution in [2.45, 2.75) is 25.3 Å². The van der Waals surface area contributed by atoms with Crippen molar-refractivity contribution >= 4 is 23.4 Å². The molecule has 1 atom stereocenters. The molecule has 0 spiro atoms. The zero-order valence-corrected chi connectivity index (χ0v) is 9.17. The topological polar surface area (TPSA) is 38.3 Å². The number of carbonyl (C=O) groups excluding carboxylic acids is 1. The van der Waals surface area contributed by atoms with Gasteiger partial charge in [-0.25, -0.2) is 4.79 Å². The van der Waals surface area contributed by atoms with Crippen LogP contribution in [0.1, 0.15) is 18.1 Å². The lowest BCUT2D eigenvalue weighted by Crippen LogP contribution is -2.17. The fourth-order valence-electron chi connectivity index (χ4n) is 1.69. The van der Waals surface area contributed by atoms with E-state index in [0.717, 1.165) is 23.2 Å². The normalized spacial score (nSPS) is 19.9. The predicted molar refractivity (Wildman–Crippen MR) is 59.3 cm³/mol. The Balaban J connectivity index is 2.37. The van der Waals surface area contributed by atoms with E-state index in [1.54, 1.807) is 0 Å². The van der Waals surface area contributed by atoms with E-state index in [1.807, 2.05) is 25.1 Å². The number of benzene rings is 1. The fraction of sp³-hybridized carbons (Fsp3) is 0.364. The lowest BCUT2D eigenvalue weighted by Gasteiger charge is -2.08. The number of hydrogen-bond donors (Lipinski definition) is 1. The molecule has 80 valence electrons. The van der Waals surface area contributed by atoms with Crippen molar-refractivity contribution in [3.63, 3.8) is 0 Å². The SMILES string of the molecule is CC1Cc2cc(CCl)ccc2NC(=O)O1. The van der Waals surface area contributed by atoms with Gasteiger partial charge >= 0.3 is 6.09 Å². The van der Waals surface area contributed by atoms with Gasteiger partial charge in [0.15, 0.2) is 0 Å². The first-order valence-corrected chi connectivity index (χ1v) is 5.38. The molecule has 3 nitrogen and oxygen atoms in total. The van der Waals surface area contributed by atoms with Gasteiger partial charge in [-0.05, 0) is 24.1 Å². The van der Waals surface area contributed by atoms with E-state index >= 15 is 0 Å². The minimum absolute atomic E-state index is 0.100. The Hall–Kier alpha value is -1.22. The molecule has 0 bridgehead atoms. The minimum atomic E-state index is -0.389. The molecule has 0 fully saturated rings. The third-order valence-electron chi connectivity index (χ3n) is 2.38. The number of hydrogen-bond acceptors (Lipinski definition) is 2. The Morgan fingerprint density at radius 2 is 2.40 bits per heavy atom. The molecule has 1 aliphatic rings. The maximum Gasteiger partial charge on any atom is 0.411 e. The lowest BCUT2D eigenvalue weighted by atomic mass is 10.0. The van der Waals surface area contributed by atoms with Crippen LogP contribution in [0.15, 0.2) is 18.2 Å². The number of cyclic esters (lactones) is 1. The summed E-state index contributed by atoms with van der Waals surface area (Å²) in [6.07, 6.45) is 0.232. The fourth-order valence-corrected chi connectivity index (χ4v) is 1.86. The molecule has 0 radical (unpaired) electrons. The average Bonchev–Trinajstić information content (AvgIpc) is 2.33. The lowest BCUT2D eigenvalue weighted by molar-refractivity contribution is 0.123. The number of alkyl halides is 1. The van der Waals surface area contributed by atoms with Crippen LogP contribution in [0.3, 0.4) is 0 Å². The molecule has 1 aliphatic heterocycles. The molecule has 1 amide bonds. The van der Waals surface area contributed by atoms with Gasteiger partial charge in [-0.15, -0.1) is 11.6 Å². The van der Waals surface area contributed by atoms with Gasteiger partial charge in [-0.2, -0.15) is 0 Å². The summed E-state index contributed by atoms with van der Waals surface area (Å²) in [6, 6.07) is 5.78. The Labute approximate surface area is 93.4 Å². The van der Waals surface area contributed by atoms with Crippen LogP contribution in [0.25, 0.3) is 0 Å². The van der Waals surface area contributed by atoms with Crippen LogP contribution in [-0.4, -0.2) is 12.2 Å². The first-order chi connectivity index (χ1) is 7.19. The van der Waals surface area contributed by atoms with Crippen molar-refractivity contribution in [2.24, 2.45) is 0 Å². The largest absolute Gasteiger partial charge is 0.446 e. The number of ether oxygens (including phenoxy) is 1. The molecule has 2 rings (SSSR count). The van der Waals surface area contributed by atoms with Crippen molar-refractivity contribution in [3.8, 4) is 0 Å². The molecule has 15 heavy (non-hydrogen) atoms. The van der Waals surface area contributed by atoms with E-state index in [0.29, 0.717) is 5.88 Å². The molecule has 1 unspecified atom stereocenters. The number of carbonyl (C=O) groups is 1. The zero-order valence-electron chi connectivity index (χ0n) is 8.42. The Morgan fingerprint density at radius 3 is 3.13 bits per heavy atom. The van der Waals surface area contributed by atoms with Crippen LogP contribution in [-0.2, 0) is 17.0 Å². The van der Waals surface area contributed by atoms with Crippen LogP contribution in [0, 0.1) is 0 Å². The molecule has 0 saturated carbocycles. The van der Waals surface area contributed by atoms with Crippen molar-refractivity contribution < 1.29 is 9.53 Å².